The molecule has 146 valence electrons. The van der Waals surface area contributed by atoms with Crippen LogP contribution in [0.1, 0.15) is 34.4 Å². The molecule has 0 saturated heterocycles. The first-order valence-corrected chi connectivity index (χ1v) is 9.29. The van der Waals surface area contributed by atoms with Crippen LogP contribution in [0, 0.1) is 13.8 Å². The summed E-state index contributed by atoms with van der Waals surface area (Å²) < 4.78 is 1.31. The summed E-state index contributed by atoms with van der Waals surface area (Å²) in [5.74, 6) is -0.267. The number of aryl methyl sites for hydroxylation is 3. The molecule has 0 saturated carbocycles. The Labute approximate surface area is 166 Å². The summed E-state index contributed by atoms with van der Waals surface area (Å²) in [6.07, 6.45) is 3.77. The number of benzene rings is 1. The Morgan fingerprint density at radius 2 is 1.90 bits per heavy atom. The zero-order valence-electron chi connectivity index (χ0n) is 16.4. The van der Waals surface area contributed by atoms with E-state index in [0.717, 1.165) is 22.5 Å². The number of H-pyrrole nitrogens is 1. The van der Waals surface area contributed by atoms with Crippen molar-refractivity contribution in [2.24, 2.45) is 0 Å². The van der Waals surface area contributed by atoms with Gasteiger partial charge in [-0.15, -0.1) is 0 Å². The van der Waals surface area contributed by atoms with Gasteiger partial charge < -0.3 is 5.32 Å². The quantitative estimate of drug-likeness (QED) is 0.559. The highest BCUT2D eigenvalue weighted by Crippen LogP contribution is 2.26. The molecule has 4 rings (SSSR count). The molecular weight excluding hydrogens is 368 g/mol. The van der Waals surface area contributed by atoms with Gasteiger partial charge in [0.05, 0.1) is 17.6 Å². The lowest BCUT2D eigenvalue weighted by atomic mass is 10.1. The summed E-state index contributed by atoms with van der Waals surface area (Å²) in [5.41, 5.74) is 3.65. The van der Waals surface area contributed by atoms with Gasteiger partial charge in [0.15, 0.2) is 11.5 Å². The van der Waals surface area contributed by atoms with Gasteiger partial charge in [-0.2, -0.15) is 0 Å². The normalized spacial score (nSPS) is 11.0. The first-order chi connectivity index (χ1) is 14.0. The van der Waals surface area contributed by atoms with Crippen molar-refractivity contribution < 1.29 is 4.79 Å². The Morgan fingerprint density at radius 3 is 2.62 bits per heavy atom. The molecule has 4 aromatic rings. The smallest absolute Gasteiger partial charge is 0.285 e. The van der Waals surface area contributed by atoms with E-state index in [1.807, 2.05) is 44.2 Å². The van der Waals surface area contributed by atoms with Gasteiger partial charge in [-0.1, -0.05) is 37.3 Å². The number of carbonyl (C=O) groups is 1. The van der Waals surface area contributed by atoms with Crippen molar-refractivity contribution >= 4 is 17.4 Å². The minimum Gasteiger partial charge on any atom is -0.305 e. The second kappa shape index (κ2) is 7.31. The van der Waals surface area contributed by atoms with Gasteiger partial charge in [-0.05, 0) is 25.8 Å². The largest absolute Gasteiger partial charge is 0.305 e. The average Bonchev–Trinajstić information content (AvgIpc) is 3.05. The van der Waals surface area contributed by atoms with Crippen molar-refractivity contribution in [1.82, 2.24) is 24.6 Å². The standard InChI is InChI=1S/C21H20N6O2/c1-4-15-10-22-11-16(24-15)25-20(28)18-12(2)23-19-17(14-8-6-5-7-9-14)13(3)26-27(19)21(18)29/h5-11,26H,4H2,1-3H3,(H,24,25,28). The van der Waals surface area contributed by atoms with Crippen LogP contribution in [0.4, 0.5) is 5.82 Å². The predicted octanol–water partition coefficient (Wildman–Crippen LogP) is 2.91. The van der Waals surface area contributed by atoms with Gasteiger partial charge in [-0.3, -0.25) is 19.7 Å². The minimum absolute atomic E-state index is 0.0351. The zero-order chi connectivity index (χ0) is 20.5. The summed E-state index contributed by atoms with van der Waals surface area (Å²) in [4.78, 5) is 38.8. The van der Waals surface area contributed by atoms with Crippen LogP contribution in [0.3, 0.4) is 0 Å². The van der Waals surface area contributed by atoms with Crippen LogP contribution in [-0.2, 0) is 6.42 Å². The second-order valence-corrected chi connectivity index (χ2v) is 6.72. The predicted molar refractivity (Wildman–Crippen MR) is 110 cm³/mol. The van der Waals surface area contributed by atoms with Crippen molar-refractivity contribution in [3.8, 4) is 11.1 Å². The van der Waals surface area contributed by atoms with Gasteiger partial charge in [0.25, 0.3) is 11.5 Å². The molecule has 0 fully saturated rings. The number of anilines is 1. The molecule has 8 heteroatoms. The molecule has 0 bridgehead atoms. The molecule has 8 nitrogen and oxygen atoms in total. The van der Waals surface area contributed by atoms with Gasteiger partial charge >= 0.3 is 0 Å². The number of hydrogen-bond acceptors (Lipinski definition) is 5. The van der Waals surface area contributed by atoms with E-state index in [1.54, 1.807) is 13.1 Å². The van der Waals surface area contributed by atoms with Crippen LogP contribution in [0.5, 0.6) is 0 Å². The van der Waals surface area contributed by atoms with Gasteiger partial charge in [0.2, 0.25) is 0 Å². The summed E-state index contributed by atoms with van der Waals surface area (Å²) >= 11 is 0. The Bertz CT molecular complexity index is 1270. The lowest BCUT2D eigenvalue weighted by molar-refractivity contribution is 0.102. The fourth-order valence-corrected chi connectivity index (χ4v) is 3.32. The maximum atomic E-state index is 13.1. The summed E-state index contributed by atoms with van der Waals surface area (Å²) in [6, 6.07) is 9.69. The molecule has 1 aromatic carbocycles. The maximum Gasteiger partial charge on any atom is 0.285 e. The van der Waals surface area contributed by atoms with Crippen LogP contribution < -0.4 is 10.9 Å². The molecule has 2 N–H and O–H groups in total. The number of rotatable bonds is 4. The van der Waals surface area contributed by atoms with E-state index < -0.39 is 11.5 Å². The van der Waals surface area contributed by atoms with E-state index in [9.17, 15) is 9.59 Å². The molecule has 3 aromatic heterocycles. The summed E-state index contributed by atoms with van der Waals surface area (Å²) in [5, 5.41) is 5.68. The van der Waals surface area contributed by atoms with E-state index in [4.69, 9.17) is 0 Å². The SMILES string of the molecule is CCc1cncc(NC(=O)c2c(C)nc3c(-c4ccccc4)c(C)[nH]n3c2=O)n1. The monoisotopic (exact) mass is 388 g/mol. The van der Waals surface area contributed by atoms with Crippen molar-refractivity contribution in [2.45, 2.75) is 27.2 Å². The maximum absolute atomic E-state index is 13.1. The molecule has 0 aliphatic heterocycles. The third kappa shape index (κ3) is 3.29. The number of carbonyl (C=O) groups excluding carboxylic acids is 1. The van der Waals surface area contributed by atoms with Crippen LogP contribution in [0.2, 0.25) is 0 Å². The lowest BCUT2D eigenvalue weighted by Gasteiger charge is -2.08. The van der Waals surface area contributed by atoms with Crippen LogP contribution in [0.15, 0.2) is 47.5 Å². The number of nitrogens with zero attached hydrogens (tertiary/aromatic N) is 4. The van der Waals surface area contributed by atoms with E-state index in [2.05, 4.69) is 25.4 Å². The third-order valence-electron chi connectivity index (χ3n) is 4.72. The Kier molecular flexibility index (Phi) is 4.67. The highest BCUT2D eigenvalue weighted by Gasteiger charge is 2.22. The first kappa shape index (κ1) is 18.5. The highest BCUT2D eigenvalue weighted by atomic mass is 16.2. The molecule has 0 spiro atoms. The highest BCUT2D eigenvalue weighted by molar-refractivity contribution is 6.04. The van der Waals surface area contributed by atoms with E-state index in [1.165, 1.54) is 10.7 Å². The van der Waals surface area contributed by atoms with Crippen LogP contribution in [-0.4, -0.2) is 30.5 Å². The number of fused-ring (bicyclic) bond motifs is 1. The summed E-state index contributed by atoms with van der Waals surface area (Å²) in [6.45, 7) is 5.47. The van der Waals surface area contributed by atoms with Crippen LogP contribution >= 0.6 is 0 Å². The zero-order valence-corrected chi connectivity index (χ0v) is 16.4. The fraction of sp³-hybridized carbons (Fsp3) is 0.190. The van der Waals surface area contributed by atoms with Gasteiger partial charge in [0.1, 0.15) is 5.56 Å². The summed E-state index contributed by atoms with van der Waals surface area (Å²) in [7, 11) is 0. The number of amides is 1. The molecule has 29 heavy (non-hydrogen) atoms. The topological polar surface area (TPSA) is 105 Å². The molecular formula is C21H20N6O2. The number of aromatic amines is 1. The van der Waals surface area contributed by atoms with E-state index >= 15 is 0 Å². The van der Waals surface area contributed by atoms with Crippen molar-refractivity contribution in [3.63, 3.8) is 0 Å². The minimum atomic E-state index is -0.564. The second-order valence-electron chi connectivity index (χ2n) is 6.72. The van der Waals surface area contributed by atoms with Crippen molar-refractivity contribution in [2.75, 3.05) is 5.32 Å². The Balaban J connectivity index is 1.80. The molecule has 0 atom stereocenters. The number of nitrogens with one attached hydrogen (secondary N) is 2. The van der Waals surface area contributed by atoms with Crippen LogP contribution in [0.25, 0.3) is 16.8 Å². The fourth-order valence-electron chi connectivity index (χ4n) is 3.32. The molecule has 0 unspecified atom stereocenters. The lowest BCUT2D eigenvalue weighted by Crippen LogP contribution is -2.29. The van der Waals surface area contributed by atoms with Gasteiger partial charge in [-0.25, -0.2) is 14.5 Å². The van der Waals surface area contributed by atoms with Crippen molar-refractivity contribution in [3.05, 3.63) is 75.7 Å². The van der Waals surface area contributed by atoms with Crippen molar-refractivity contribution in [1.29, 1.82) is 0 Å². The Hall–Kier alpha value is -3.81. The van der Waals surface area contributed by atoms with Gasteiger partial charge in [0, 0.05) is 17.5 Å². The molecule has 0 aliphatic carbocycles. The molecule has 1 amide bonds. The third-order valence-corrected chi connectivity index (χ3v) is 4.72. The van der Waals surface area contributed by atoms with E-state index in [-0.39, 0.29) is 5.56 Å². The number of hydrogen-bond donors (Lipinski definition) is 2. The molecule has 0 aliphatic rings. The van der Waals surface area contributed by atoms with E-state index in [0.29, 0.717) is 23.6 Å². The first-order valence-electron chi connectivity index (χ1n) is 9.29. The molecule has 0 radical (unpaired) electrons. The number of aromatic nitrogens is 5. The average molecular weight is 388 g/mol. The molecule has 3 heterocycles. The Morgan fingerprint density at radius 1 is 1.14 bits per heavy atom.